The third-order valence-electron chi connectivity index (χ3n) is 6.68. The van der Waals surface area contributed by atoms with Crippen LogP contribution < -0.4 is 10.6 Å². The van der Waals surface area contributed by atoms with Gasteiger partial charge in [-0.3, -0.25) is 4.79 Å². The summed E-state index contributed by atoms with van der Waals surface area (Å²) in [7, 11) is 0. The van der Waals surface area contributed by atoms with Gasteiger partial charge in [0.05, 0.1) is 22.6 Å². The first-order valence-electron chi connectivity index (χ1n) is 11.5. The number of amides is 1. The van der Waals surface area contributed by atoms with Gasteiger partial charge in [-0.1, -0.05) is 30.3 Å². The first kappa shape index (κ1) is 22.6. The zero-order valence-electron chi connectivity index (χ0n) is 19.3. The van der Waals surface area contributed by atoms with Crippen LogP contribution in [0, 0.1) is 6.92 Å². The Labute approximate surface area is 202 Å². The summed E-state index contributed by atoms with van der Waals surface area (Å²) in [5.74, 6) is 1.34. The van der Waals surface area contributed by atoms with Gasteiger partial charge in [0.15, 0.2) is 0 Å². The number of aromatic nitrogens is 2. The summed E-state index contributed by atoms with van der Waals surface area (Å²) in [4.78, 5) is 23.5. The number of nitrogens with one attached hydrogen (secondary N) is 2. The average molecular weight is 477 g/mol. The zero-order chi connectivity index (χ0) is 23.5. The number of thiophene rings is 1. The molecule has 1 atom stereocenters. The van der Waals surface area contributed by atoms with Gasteiger partial charge < -0.3 is 19.8 Å². The standard InChI is InChI=1S/C26H28N4O3S/c1-17-21-23(27-15-26(10-13-32-14-11-26)19-7-4-3-5-8-19)28-16-29-25(21)34-22(17)24(31)30-18(2)20-9-6-12-33-20/h3-9,12,16,18H,10-11,13-15H2,1-2H3,(H,30,31)(H,27,28,29). The van der Waals surface area contributed by atoms with Crippen molar-refractivity contribution in [2.24, 2.45) is 0 Å². The second-order valence-corrected chi connectivity index (χ2v) is 9.78. The van der Waals surface area contributed by atoms with Crippen molar-refractivity contribution >= 4 is 33.3 Å². The topological polar surface area (TPSA) is 89.3 Å². The Hall–Kier alpha value is -3.23. The van der Waals surface area contributed by atoms with E-state index in [-0.39, 0.29) is 17.4 Å². The Bertz CT molecular complexity index is 1260. The molecule has 1 saturated heterocycles. The van der Waals surface area contributed by atoms with Crippen LogP contribution in [-0.4, -0.2) is 35.6 Å². The predicted octanol–water partition coefficient (Wildman–Crippen LogP) is 5.24. The molecule has 1 aliphatic rings. The van der Waals surface area contributed by atoms with Gasteiger partial charge in [-0.25, -0.2) is 9.97 Å². The van der Waals surface area contributed by atoms with Gasteiger partial charge in [-0.15, -0.1) is 11.3 Å². The lowest BCUT2D eigenvalue weighted by Crippen LogP contribution is -2.40. The maximum absolute atomic E-state index is 13.1. The average Bonchev–Trinajstić information content (AvgIpc) is 3.53. The monoisotopic (exact) mass is 476 g/mol. The number of hydrogen-bond acceptors (Lipinski definition) is 7. The van der Waals surface area contributed by atoms with E-state index in [0.29, 0.717) is 4.88 Å². The summed E-state index contributed by atoms with van der Waals surface area (Å²) >= 11 is 1.39. The minimum Gasteiger partial charge on any atom is -0.467 e. The molecule has 3 aromatic heterocycles. The zero-order valence-corrected chi connectivity index (χ0v) is 20.2. The van der Waals surface area contributed by atoms with Gasteiger partial charge in [0.25, 0.3) is 5.91 Å². The van der Waals surface area contributed by atoms with E-state index in [9.17, 15) is 4.79 Å². The molecule has 2 N–H and O–H groups in total. The number of carbonyl (C=O) groups is 1. The van der Waals surface area contributed by atoms with Crippen LogP contribution >= 0.6 is 11.3 Å². The second-order valence-electron chi connectivity index (χ2n) is 8.78. The molecule has 34 heavy (non-hydrogen) atoms. The van der Waals surface area contributed by atoms with Gasteiger partial charge in [-0.2, -0.15) is 0 Å². The number of hydrogen-bond donors (Lipinski definition) is 2. The van der Waals surface area contributed by atoms with Crippen molar-refractivity contribution < 1.29 is 13.9 Å². The number of aryl methyl sites for hydroxylation is 1. The summed E-state index contributed by atoms with van der Waals surface area (Å²) in [6.45, 7) is 6.08. The number of ether oxygens (including phenoxy) is 1. The van der Waals surface area contributed by atoms with Crippen LogP contribution in [0.15, 0.2) is 59.5 Å². The summed E-state index contributed by atoms with van der Waals surface area (Å²) in [5.41, 5.74) is 2.16. The third kappa shape index (κ3) is 4.31. The minimum absolute atomic E-state index is 0.0284. The van der Waals surface area contributed by atoms with Crippen LogP contribution in [0.1, 0.15) is 52.4 Å². The lowest BCUT2D eigenvalue weighted by atomic mass is 9.74. The highest BCUT2D eigenvalue weighted by Crippen LogP contribution is 2.37. The molecule has 0 spiro atoms. The molecule has 1 unspecified atom stereocenters. The first-order valence-corrected chi connectivity index (χ1v) is 12.3. The van der Waals surface area contributed by atoms with Crippen molar-refractivity contribution in [2.45, 2.75) is 38.1 Å². The summed E-state index contributed by atoms with van der Waals surface area (Å²) in [5, 5.41) is 7.53. The van der Waals surface area contributed by atoms with E-state index >= 15 is 0 Å². The number of rotatable bonds is 7. The molecule has 8 heteroatoms. The van der Waals surface area contributed by atoms with Crippen molar-refractivity contribution in [3.63, 3.8) is 0 Å². The van der Waals surface area contributed by atoms with Crippen LogP contribution in [0.3, 0.4) is 0 Å². The van der Waals surface area contributed by atoms with E-state index in [1.54, 1.807) is 12.6 Å². The number of benzene rings is 1. The fourth-order valence-corrected chi connectivity index (χ4v) is 5.72. The molecule has 4 aromatic rings. The number of nitrogens with zero attached hydrogens (tertiary/aromatic N) is 2. The van der Waals surface area contributed by atoms with Crippen molar-refractivity contribution in [3.05, 3.63) is 76.8 Å². The molecule has 1 amide bonds. The third-order valence-corrected chi connectivity index (χ3v) is 7.88. The lowest BCUT2D eigenvalue weighted by molar-refractivity contribution is 0.0544. The van der Waals surface area contributed by atoms with Crippen LogP contribution in [0.25, 0.3) is 10.2 Å². The molecule has 0 aliphatic carbocycles. The maximum Gasteiger partial charge on any atom is 0.262 e. The molecule has 1 aliphatic heterocycles. The molecule has 0 saturated carbocycles. The Balaban J connectivity index is 1.41. The summed E-state index contributed by atoms with van der Waals surface area (Å²) in [6.07, 6.45) is 5.06. The fourth-order valence-electron chi connectivity index (χ4n) is 4.67. The molecule has 1 aromatic carbocycles. The minimum atomic E-state index is -0.227. The molecule has 5 rings (SSSR count). The summed E-state index contributed by atoms with van der Waals surface area (Å²) < 4.78 is 11.1. The van der Waals surface area contributed by atoms with Crippen LogP contribution in [0.2, 0.25) is 0 Å². The molecule has 7 nitrogen and oxygen atoms in total. The smallest absolute Gasteiger partial charge is 0.262 e. The van der Waals surface area contributed by atoms with E-state index in [4.69, 9.17) is 9.15 Å². The van der Waals surface area contributed by atoms with Gasteiger partial charge in [0.1, 0.15) is 22.7 Å². The molecule has 4 heterocycles. The van der Waals surface area contributed by atoms with E-state index in [1.807, 2.05) is 32.0 Å². The lowest BCUT2D eigenvalue weighted by Gasteiger charge is -2.38. The maximum atomic E-state index is 13.1. The molecule has 0 radical (unpaired) electrons. The van der Waals surface area contributed by atoms with Crippen LogP contribution in [0.5, 0.6) is 0 Å². The fraction of sp³-hybridized carbons (Fsp3) is 0.346. The number of fused-ring (bicyclic) bond motifs is 1. The van der Waals surface area contributed by atoms with Gasteiger partial charge >= 0.3 is 0 Å². The number of anilines is 1. The van der Waals surface area contributed by atoms with Gasteiger partial charge in [-0.05, 0) is 49.9 Å². The van der Waals surface area contributed by atoms with Crippen molar-refractivity contribution in [2.75, 3.05) is 25.1 Å². The summed E-state index contributed by atoms with van der Waals surface area (Å²) in [6, 6.07) is 14.1. The normalized spacial score (nSPS) is 16.3. The van der Waals surface area contributed by atoms with Crippen molar-refractivity contribution in [3.8, 4) is 0 Å². The highest BCUT2D eigenvalue weighted by Gasteiger charge is 2.34. The molecule has 176 valence electrons. The van der Waals surface area contributed by atoms with Crippen LogP contribution in [-0.2, 0) is 10.2 Å². The van der Waals surface area contributed by atoms with E-state index in [1.165, 1.54) is 16.9 Å². The molecular formula is C26H28N4O3S. The predicted molar refractivity (Wildman–Crippen MR) is 133 cm³/mol. The number of carbonyl (C=O) groups excluding carboxylic acids is 1. The van der Waals surface area contributed by atoms with Gasteiger partial charge in [0.2, 0.25) is 0 Å². The van der Waals surface area contributed by atoms with E-state index in [2.05, 4.69) is 44.9 Å². The van der Waals surface area contributed by atoms with Gasteiger partial charge in [0, 0.05) is 25.2 Å². The second kappa shape index (κ2) is 9.56. The molecule has 1 fully saturated rings. The largest absolute Gasteiger partial charge is 0.467 e. The Kier molecular flexibility index (Phi) is 6.34. The SMILES string of the molecule is Cc1c(C(=O)NC(C)c2ccco2)sc2ncnc(NCC3(c4ccccc4)CCOCC3)c12. The Morgan fingerprint density at radius 1 is 1.15 bits per heavy atom. The van der Waals surface area contributed by atoms with Crippen molar-refractivity contribution in [1.29, 1.82) is 0 Å². The van der Waals surface area contributed by atoms with Crippen LogP contribution in [0.4, 0.5) is 5.82 Å². The molecular weight excluding hydrogens is 448 g/mol. The highest BCUT2D eigenvalue weighted by atomic mass is 32.1. The Morgan fingerprint density at radius 3 is 2.68 bits per heavy atom. The van der Waals surface area contributed by atoms with Crippen molar-refractivity contribution in [1.82, 2.24) is 15.3 Å². The highest BCUT2D eigenvalue weighted by molar-refractivity contribution is 7.20. The Morgan fingerprint density at radius 2 is 1.94 bits per heavy atom. The first-order chi connectivity index (χ1) is 16.6. The molecule has 0 bridgehead atoms. The quantitative estimate of drug-likeness (QED) is 0.379. The number of furan rings is 1. The van der Waals surface area contributed by atoms with E-state index in [0.717, 1.165) is 60.0 Å². The van der Waals surface area contributed by atoms with E-state index < -0.39 is 0 Å².